The van der Waals surface area contributed by atoms with Crippen LogP contribution in [-0.4, -0.2) is 39.2 Å². The molecule has 1 unspecified atom stereocenters. The fraction of sp³-hybridized carbons (Fsp3) is 0.0690. The van der Waals surface area contributed by atoms with Crippen molar-refractivity contribution < 1.29 is 19.8 Å². The van der Waals surface area contributed by atoms with Gasteiger partial charge in [0.1, 0.15) is 0 Å². The van der Waals surface area contributed by atoms with Crippen LogP contribution in [0.4, 0.5) is 27.8 Å². The first kappa shape index (κ1) is 23.3. The van der Waals surface area contributed by atoms with Crippen molar-refractivity contribution >= 4 is 46.0 Å². The number of aromatic nitrogens is 2. The second-order valence-corrected chi connectivity index (χ2v) is 9.02. The van der Waals surface area contributed by atoms with Gasteiger partial charge >= 0.3 is 6.09 Å². The molecule has 1 aliphatic rings. The zero-order valence-corrected chi connectivity index (χ0v) is 20.3. The minimum absolute atomic E-state index is 0.0630. The van der Waals surface area contributed by atoms with Gasteiger partial charge in [-0.15, -0.1) is 0 Å². The molecular formula is C29H23N5O4. The molecule has 0 saturated heterocycles. The van der Waals surface area contributed by atoms with Gasteiger partial charge in [-0.25, -0.2) is 9.78 Å². The first-order chi connectivity index (χ1) is 18.4. The summed E-state index contributed by atoms with van der Waals surface area (Å²) in [6.07, 6.45) is -1.25. The summed E-state index contributed by atoms with van der Waals surface area (Å²) in [5, 5.41) is 23.6. The van der Waals surface area contributed by atoms with Crippen molar-refractivity contribution in [1.29, 1.82) is 0 Å². The molecule has 0 bridgehead atoms. The zero-order valence-electron chi connectivity index (χ0n) is 20.3. The van der Waals surface area contributed by atoms with Gasteiger partial charge in [-0.2, -0.15) is 0 Å². The number of carbonyl (C=O) groups is 2. The van der Waals surface area contributed by atoms with Crippen molar-refractivity contribution in [3.63, 3.8) is 0 Å². The number of fused-ring (bicyclic) bond motifs is 2. The Morgan fingerprint density at radius 1 is 0.947 bits per heavy atom. The van der Waals surface area contributed by atoms with E-state index in [-0.39, 0.29) is 11.9 Å². The number of para-hydroxylation sites is 1. The molecule has 6 rings (SSSR count). The summed E-state index contributed by atoms with van der Waals surface area (Å²) in [5.41, 5.74) is 2.79. The second kappa shape index (κ2) is 8.75. The Morgan fingerprint density at radius 3 is 2.47 bits per heavy atom. The number of benzene rings is 4. The molecule has 0 saturated carbocycles. The molecule has 0 spiro atoms. The lowest BCUT2D eigenvalue weighted by molar-refractivity contribution is 0.0704. The molecule has 4 aromatic carbocycles. The van der Waals surface area contributed by atoms with Gasteiger partial charge < -0.3 is 20.1 Å². The molecule has 0 fully saturated rings. The third-order valence-corrected chi connectivity index (χ3v) is 6.79. The summed E-state index contributed by atoms with van der Waals surface area (Å²) in [6, 6.07) is 29.3. The Hall–Kier alpha value is -5.15. The van der Waals surface area contributed by atoms with Gasteiger partial charge in [-0.1, -0.05) is 48.5 Å². The minimum atomic E-state index is -1.83. The molecule has 9 heteroatoms. The smallest absolute Gasteiger partial charge is 0.411 e. The van der Waals surface area contributed by atoms with Crippen LogP contribution in [-0.2, 0) is 5.72 Å². The van der Waals surface area contributed by atoms with Gasteiger partial charge in [0.2, 0.25) is 5.95 Å². The van der Waals surface area contributed by atoms with Crippen LogP contribution in [0.15, 0.2) is 97.1 Å². The molecule has 1 aliphatic heterocycles. The first-order valence-corrected chi connectivity index (χ1v) is 11.9. The Bertz CT molecular complexity index is 1700. The van der Waals surface area contributed by atoms with Crippen LogP contribution >= 0.6 is 0 Å². The minimum Gasteiger partial charge on any atom is -0.465 e. The maximum atomic E-state index is 13.8. The number of hydrogen-bond acceptors (Lipinski definition) is 5. The number of nitrogens with zero attached hydrogens (tertiary/aromatic N) is 3. The van der Waals surface area contributed by atoms with Gasteiger partial charge in [0.25, 0.3) is 5.91 Å². The quantitative estimate of drug-likeness (QED) is 0.258. The highest BCUT2D eigenvalue weighted by molar-refractivity contribution is 6.12. The van der Waals surface area contributed by atoms with E-state index in [4.69, 9.17) is 5.11 Å². The number of carbonyl (C=O) groups excluding carboxylic acids is 1. The van der Waals surface area contributed by atoms with Crippen LogP contribution in [0.1, 0.15) is 21.5 Å². The summed E-state index contributed by atoms with van der Waals surface area (Å²) < 4.78 is 0. The third kappa shape index (κ3) is 3.64. The van der Waals surface area contributed by atoms with Crippen LogP contribution in [0.25, 0.3) is 11.0 Å². The maximum absolute atomic E-state index is 13.8. The average Bonchev–Trinajstić information content (AvgIpc) is 3.43. The lowest BCUT2D eigenvalue weighted by Gasteiger charge is -2.35. The largest absolute Gasteiger partial charge is 0.465 e. The SMILES string of the molecule is CN(c1ccccc1)c1cccc(N2C(=O)c3ccccc3C2(O)c2ccc3[nH]c(NC(=O)O)nc3c2)c1. The summed E-state index contributed by atoms with van der Waals surface area (Å²) in [6.45, 7) is 0. The Morgan fingerprint density at radius 2 is 1.68 bits per heavy atom. The Labute approximate surface area is 217 Å². The predicted octanol–water partition coefficient (Wildman–Crippen LogP) is 5.27. The van der Waals surface area contributed by atoms with Gasteiger partial charge in [-0.05, 0) is 48.5 Å². The number of hydrogen-bond donors (Lipinski definition) is 4. The van der Waals surface area contributed by atoms with E-state index in [1.54, 1.807) is 48.5 Å². The average molecular weight is 506 g/mol. The molecule has 5 aromatic rings. The highest BCUT2D eigenvalue weighted by Crippen LogP contribution is 2.46. The maximum Gasteiger partial charge on any atom is 0.411 e. The van der Waals surface area contributed by atoms with E-state index in [0.29, 0.717) is 33.4 Å². The molecule has 1 atom stereocenters. The predicted molar refractivity (Wildman–Crippen MR) is 145 cm³/mol. The molecular weight excluding hydrogens is 482 g/mol. The Balaban J connectivity index is 1.49. The summed E-state index contributed by atoms with van der Waals surface area (Å²) in [4.78, 5) is 35.4. The van der Waals surface area contributed by atoms with Crippen molar-refractivity contribution in [2.45, 2.75) is 5.72 Å². The normalized spacial score (nSPS) is 16.5. The number of amides is 2. The van der Waals surface area contributed by atoms with Crippen molar-refractivity contribution in [2.24, 2.45) is 0 Å². The molecule has 38 heavy (non-hydrogen) atoms. The van der Waals surface area contributed by atoms with Gasteiger partial charge in [0, 0.05) is 40.8 Å². The molecule has 0 radical (unpaired) electrons. The number of aromatic amines is 1. The fourth-order valence-electron chi connectivity index (χ4n) is 4.97. The van der Waals surface area contributed by atoms with E-state index in [1.165, 1.54) is 4.90 Å². The summed E-state index contributed by atoms with van der Waals surface area (Å²) >= 11 is 0. The van der Waals surface area contributed by atoms with Crippen LogP contribution in [0, 0.1) is 0 Å². The van der Waals surface area contributed by atoms with E-state index >= 15 is 0 Å². The van der Waals surface area contributed by atoms with Gasteiger partial charge in [-0.3, -0.25) is 15.0 Å². The number of imidazole rings is 1. The van der Waals surface area contributed by atoms with Gasteiger partial charge in [0.15, 0.2) is 5.72 Å². The molecule has 188 valence electrons. The van der Waals surface area contributed by atoms with Crippen molar-refractivity contribution in [3.05, 3.63) is 114 Å². The van der Waals surface area contributed by atoms with Crippen molar-refractivity contribution in [2.75, 3.05) is 22.2 Å². The lowest BCUT2D eigenvalue weighted by atomic mass is 9.93. The molecule has 0 aliphatic carbocycles. The highest BCUT2D eigenvalue weighted by atomic mass is 16.4. The van der Waals surface area contributed by atoms with Crippen molar-refractivity contribution in [3.8, 4) is 0 Å². The number of aliphatic hydroxyl groups is 1. The molecule has 1 aromatic heterocycles. The number of H-pyrrole nitrogens is 1. The van der Waals surface area contributed by atoms with Crippen LogP contribution in [0.3, 0.4) is 0 Å². The molecule has 2 heterocycles. The molecule has 9 nitrogen and oxygen atoms in total. The summed E-state index contributed by atoms with van der Waals surface area (Å²) in [7, 11) is 1.94. The van der Waals surface area contributed by atoms with E-state index < -0.39 is 11.8 Å². The van der Waals surface area contributed by atoms with E-state index in [2.05, 4.69) is 15.3 Å². The number of anilines is 4. The van der Waals surface area contributed by atoms with Crippen LogP contribution in [0.2, 0.25) is 0 Å². The van der Waals surface area contributed by atoms with Crippen molar-refractivity contribution in [1.82, 2.24) is 9.97 Å². The standard InChI is InChI=1S/C29H23N5O4/c1-33(19-8-3-2-4-9-19)20-10-7-11-21(17-20)34-26(35)22-12-5-6-13-23(22)29(34,38)18-14-15-24-25(16-18)31-27(30-24)32-28(36)37/h2-17,38H,1H3,(H,36,37)(H2,30,31,32). The van der Waals surface area contributed by atoms with Crippen LogP contribution in [0.5, 0.6) is 0 Å². The number of carboxylic acid groups (broad SMARTS) is 1. The van der Waals surface area contributed by atoms with Crippen LogP contribution < -0.4 is 15.1 Å². The monoisotopic (exact) mass is 505 g/mol. The summed E-state index contributed by atoms with van der Waals surface area (Å²) in [5.74, 6) is -0.272. The highest BCUT2D eigenvalue weighted by Gasteiger charge is 2.50. The molecule has 2 amide bonds. The first-order valence-electron chi connectivity index (χ1n) is 11.9. The third-order valence-electron chi connectivity index (χ3n) is 6.79. The topological polar surface area (TPSA) is 122 Å². The zero-order chi connectivity index (χ0) is 26.4. The number of nitrogens with one attached hydrogen (secondary N) is 2. The fourth-order valence-corrected chi connectivity index (χ4v) is 4.97. The Kier molecular flexibility index (Phi) is 5.36. The van der Waals surface area contributed by atoms with E-state index in [0.717, 1.165) is 11.4 Å². The van der Waals surface area contributed by atoms with Gasteiger partial charge in [0.05, 0.1) is 11.0 Å². The van der Waals surface area contributed by atoms with E-state index in [9.17, 15) is 14.7 Å². The number of rotatable bonds is 5. The molecule has 4 N–H and O–H groups in total. The lowest BCUT2D eigenvalue weighted by Crippen LogP contribution is -2.45. The van der Waals surface area contributed by atoms with E-state index in [1.807, 2.05) is 60.5 Å². The second-order valence-electron chi connectivity index (χ2n) is 9.02.